The maximum absolute atomic E-state index is 12.5. The Morgan fingerprint density at radius 2 is 1.62 bits per heavy atom. The topological polar surface area (TPSA) is 58.2 Å². The molecular weight excluding hydrogens is 320 g/mol. The van der Waals surface area contributed by atoms with E-state index in [0.717, 1.165) is 16.0 Å². The lowest BCUT2D eigenvalue weighted by Gasteiger charge is -2.19. The van der Waals surface area contributed by atoms with Crippen LogP contribution in [0.1, 0.15) is 42.3 Å². The summed E-state index contributed by atoms with van der Waals surface area (Å²) >= 11 is 4.48. The number of thiol groups is 1. The molecule has 0 heterocycles. The van der Waals surface area contributed by atoms with E-state index in [2.05, 4.69) is 23.5 Å². The van der Waals surface area contributed by atoms with Crippen LogP contribution in [0.5, 0.6) is 0 Å². The van der Waals surface area contributed by atoms with Crippen molar-refractivity contribution in [1.82, 2.24) is 10.9 Å². The molecule has 24 heavy (non-hydrogen) atoms. The summed E-state index contributed by atoms with van der Waals surface area (Å²) < 4.78 is 0. The lowest BCUT2D eigenvalue weighted by Crippen LogP contribution is -2.46. The molecule has 0 spiro atoms. The van der Waals surface area contributed by atoms with Crippen molar-refractivity contribution >= 4 is 24.4 Å². The SMILES string of the molecule is CC(C)(C)C(=O)NNC(=O)c1cccc(S)c1Cc1ccccc1. The molecule has 0 aromatic heterocycles. The number of carbonyl (C=O) groups is 2. The average molecular weight is 342 g/mol. The van der Waals surface area contributed by atoms with Gasteiger partial charge in [0.2, 0.25) is 5.91 Å². The second kappa shape index (κ2) is 7.53. The molecule has 126 valence electrons. The quantitative estimate of drug-likeness (QED) is 0.592. The van der Waals surface area contributed by atoms with Gasteiger partial charge in [0.25, 0.3) is 5.91 Å². The molecule has 4 nitrogen and oxygen atoms in total. The first kappa shape index (κ1) is 18.1. The van der Waals surface area contributed by atoms with Crippen LogP contribution in [-0.2, 0) is 11.2 Å². The predicted octanol–water partition coefficient (Wildman–Crippen LogP) is 3.37. The van der Waals surface area contributed by atoms with E-state index in [4.69, 9.17) is 0 Å². The van der Waals surface area contributed by atoms with Crippen molar-refractivity contribution in [2.75, 3.05) is 0 Å². The molecule has 0 aliphatic rings. The van der Waals surface area contributed by atoms with Crippen molar-refractivity contribution < 1.29 is 9.59 Å². The van der Waals surface area contributed by atoms with Gasteiger partial charge in [0.1, 0.15) is 0 Å². The van der Waals surface area contributed by atoms with E-state index < -0.39 is 5.41 Å². The van der Waals surface area contributed by atoms with Gasteiger partial charge in [-0.3, -0.25) is 20.4 Å². The summed E-state index contributed by atoms with van der Waals surface area (Å²) in [4.78, 5) is 25.1. The number of hydrogen-bond acceptors (Lipinski definition) is 3. The van der Waals surface area contributed by atoms with Gasteiger partial charge in [-0.2, -0.15) is 0 Å². The molecule has 2 rings (SSSR count). The smallest absolute Gasteiger partial charge is 0.270 e. The molecule has 5 heteroatoms. The number of carbonyl (C=O) groups excluding carboxylic acids is 2. The molecule has 0 aliphatic heterocycles. The van der Waals surface area contributed by atoms with E-state index in [1.54, 1.807) is 32.9 Å². The van der Waals surface area contributed by atoms with Crippen molar-refractivity contribution in [3.63, 3.8) is 0 Å². The van der Waals surface area contributed by atoms with Crippen LogP contribution >= 0.6 is 12.6 Å². The third-order valence-corrected chi connectivity index (χ3v) is 4.01. The van der Waals surface area contributed by atoms with E-state index in [1.165, 1.54) is 0 Å². The molecule has 0 atom stereocenters. The number of rotatable bonds is 3. The number of amides is 2. The third kappa shape index (κ3) is 4.61. The second-order valence-corrected chi connectivity index (χ2v) is 7.11. The zero-order valence-corrected chi connectivity index (χ0v) is 15.0. The summed E-state index contributed by atoms with van der Waals surface area (Å²) in [6, 6.07) is 15.2. The first-order valence-electron chi connectivity index (χ1n) is 7.74. The Morgan fingerprint density at radius 3 is 2.25 bits per heavy atom. The first-order chi connectivity index (χ1) is 11.3. The standard InChI is InChI=1S/C19H22N2O2S/c1-19(2,3)18(23)21-20-17(22)14-10-7-11-16(24)15(14)12-13-8-5-4-6-9-13/h4-11,24H,12H2,1-3H3,(H,20,22)(H,21,23). The average Bonchev–Trinajstić information content (AvgIpc) is 2.54. The molecule has 0 saturated heterocycles. The normalized spacial score (nSPS) is 11.0. The van der Waals surface area contributed by atoms with Crippen molar-refractivity contribution in [2.45, 2.75) is 32.1 Å². The zero-order chi connectivity index (χ0) is 17.7. The van der Waals surface area contributed by atoms with Crippen LogP contribution < -0.4 is 10.9 Å². The van der Waals surface area contributed by atoms with Crippen LogP contribution in [0.3, 0.4) is 0 Å². The van der Waals surface area contributed by atoms with Crippen LogP contribution in [0, 0.1) is 5.41 Å². The van der Waals surface area contributed by atoms with Crippen LogP contribution in [0.25, 0.3) is 0 Å². The van der Waals surface area contributed by atoms with Crippen molar-refractivity contribution in [3.05, 3.63) is 65.2 Å². The van der Waals surface area contributed by atoms with Gasteiger partial charge in [-0.05, 0) is 29.7 Å². The van der Waals surface area contributed by atoms with Gasteiger partial charge < -0.3 is 0 Å². The minimum absolute atomic E-state index is 0.248. The highest BCUT2D eigenvalue weighted by molar-refractivity contribution is 7.80. The molecule has 0 saturated carbocycles. The summed E-state index contributed by atoms with van der Waals surface area (Å²) in [5.74, 6) is -0.600. The fraction of sp³-hybridized carbons (Fsp3) is 0.263. The molecule has 0 unspecified atom stereocenters. The molecule has 0 fully saturated rings. The number of nitrogens with one attached hydrogen (secondary N) is 2. The fourth-order valence-electron chi connectivity index (χ4n) is 2.14. The van der Waals surface area contributed by atoms with E-state index in [9.17, 15) is 9.59 Å². The van der Waals surface area contributed by atoms with Gasteiger partial charge in [-0.25, -0.2) is 0 Å². The van der Waals surface area contributed by atoms with Crippen LogP contribution in [0.2, 0.25) is 0 Å². The Morgan fingerprint density at radius 1 is 0.958 bits per heavy atom. The summed E-state index contributed by atoms with van der Waals surface area (Å²) in [5, 5.41) is 0. The number of benzene rings is 2. The molecule has 2 aromatic rings. The summed E-state index contributed by atoms with van der Waals surface area (Å²) in [5.41, 5.74) is 6.79. The number of hydrazine groups is 1. The highest BCUT2D eigenvalue weighted by Gasteiger charge is 2.22. The molecule has 0 radical (unpaired) electrons. The van der Waals surface area contributed by atoms with Gasteiger partial charge in [0.05, 0.1) is 0 Å². The van der Waals surface area contributed by atoms with Gasteiger partial charge in [0, 0.05) is 15.9 Å². The molecule has 2 amide bonds. The summed E-state index contributed by atoms with van der Waals surface area (Å²) in [7, 11) is 0. The highest BCUT2D eigenvalue weighted by Crippen LogP contribution is 2.22. The maximum Gasteiger partial charge on any atom is 0.270 e. The Balaban J connectivity index is 2.19. The van der Waals surface area contributed by atoms with Crippen molar-refractivity contribution in [3.8, 4) is 0 Å². The van der Waals surface area contributed by atoms with E-state index in [-0.39, 0.29) is 11.8 Å². The minimum atomic E-state index is -0.578. The molecule has 2 N–H and O–H groups in total. The van der Waals surface area contributed by atoms with Gasteiger partial charge in [-0.1, -0.05) is 57.2 Å². The Labute approximate surface area is 148 Å². The van der Waals surface area contributed by atoms with Crippen LogP contribution in [0.15, 0.2) is 53.4 Å². The third-order valence-electron chi connectivity index (χ3n) is 3.59. The van der Waals surface area contributed by atoms with E-state index in [1.807, 2.05) is 36.4 Å². The van der Waals surface area contributed by atoms with E-state index in [0.29, 0.717) is 12.0 Å². The largest absolute Gasteiger partial charge is 0.273 e. The summed E-state index contributed by atoms with van der Waals surface area (Å²) in [6.45, 7) is 5.34. The number of hydrogen-bond donors (Lipinski definition) is 3. The Bertz CT molecular complexity index is 737. The first-order valence-corrected chi connectivity index (χ1v) is 8.19. The van der Waals surface area contributed by atoms with E-state index >= 15 is 0 Å². The Kier molecular flexibility index (Phi) is 5.67. The molecule has 2 aromatic carbocycles. The van der Waals surface area contributed by atoms with Gasteiger partial charge in [-0.15, -0.1) is 12.6 Å². The minimum Gasteiger partial charge on any atom is -0.273 e. The lowest BCUT2D eigenvalue weighted by atomic mass is 9.96. The lowest BCUT2D eigenvalue weighted by molar-refractivity contribution is -0.129. The highest BCUT2D eigenvalue weighted by atomic mass is 32.1. The monoisotopic (exact) mass is 342 g/mol. The summed E-state index contributed by atoms with van der Waals surface area (Å²) in [6.07, 6.45) is 0.594. The fourth-order valence-corrected chi connectivity index (χ4v) is 2.43. The molecular formula is C19H22N2O2S. The van der Waals surface area contributed by atoms with Crippen molar-refractivity contribution in [2.24, 2.45) is 5.41 Å². The Hall–Kier alpha value is -2.27. The zero-order valence-electron chi connectivity index (χ0n) is 14.1. The van der Waals surface area contributed by atoms with Crippen LogP contribution in [-0.4, -0.2) is 11.8 Å². The van der Waals surface area contributed by atoms with Gasteiger partial charge >= 0.3 is 0 Å². The molecule has 0 aliphatic carbocycles. The maximum atomic E-state index is 12.5. The predicted molar refractivity (Wildman–Crippen MR) is 98.0 cm³/mol. The van der Waals surface area contributed by atoms with Crippen molar-refractivity contribution in [1.29, 1.82) is 0 Å². The second-order valence-electron chi connectivity index (χ2n) is 6.62. The van der Waals surface area contributed by atoms with Crippen LogP contribution in [0.4, 0.5) is 0 Å². The molecule has 0 bridgehead atoms. The van der Waals surface area contributed by atoms with Gasteiger partial charge in [0.15, 0.2) is 0 Å².